The highest BCUT2D eigenvalue weighted by Gasteiger charge is 2.00. The molecule has 0 saturated heterocycles. The normalized spacial score (nSPS) is 13.1. The molecule has 0 bridgehead atoms. The lowest BCUT2D eigenvalue weighted by Gasteiger charge is -2.10. The standard InChI is InChI=1S/C11H21N3/c1-4-9(2)12-7-5-6-11-8-13-14-10(11)3/h8-9,12H,4-7H2,1-3H3,(H,13,14)/t9-/m1/s1. The molecule has 80 valence electrons. The Hall–Kier alpha value is -0.830. The zero-order chi connectivity index (χ0) is 10.4. The molecule has 0 aliphatic heterocycles. The van der Waals surface area contributed by atoms with Crippen molar-refractivity contribution in [2.45, 2.75) is 46.1 Å². The van der Waals surface area contributed by atoms with Crippen LogP contribution in [0.2, 0.25) is 0 Å². The van der Waals surface area contributed by atoms with Crippen LogP contribution in [0.4, 0.5) is 0 Å². The first-order valence-corrected chi connectivity index (χ1v) is 5.46. The lowest BCUT2D eigenvalue weighted by atomic mass is 10.1. The van der Waals surface area contributed by atoms with Gasteiger partial charge in [0.15, 0.2) is 0 Å². The molecule has 0 fully saturated rings. The van der Waals surface area contributed by atoms with Crippen LogP contribution in [0.15, 0.2) is 6.20 Å². The summed E-state index contributed by atoms with van der Waals surface area (Å²) in [7, 11) is 0. The molecule has 0 spiro atoms. The molecule has 1 heterocycles. The van der Waals surface area contributed by atoms with Crippen molar-refractivity contribution in [3.05, 3.63) is 17.5 Å². The number of nitrogens with zero attached hydrogens (tertiary/aromatic N) is 1. The molecular formula is C11H21N3. The largest absolute Gasteiger partial charge is 0.314 e. The Morgan fingerprint density at radius 2 is 2.36 bits per heavy atom. The second-order valence-corrected chi connectivity index (χ2v) is 3.89. The Morgan fingerprint density at radius 1 is 1.57 bits per heavy atom. The average Bonchev–Trinajstić information content (AvgIpc) is 2.58. The van der Waals surface area contributed by atoms with Crippen LogP contribution in [-0.4, -0.2) is 22.8 Å². The third-order valence-electron chi connectivity index (χ3n) is 2.66. The summed E-state index contributed by atoms with van der Waals surface area (Å²) in [6.45, 7) is 7.60. The van der Waals surface area contributed by atoms with Crippen molar-refractivity contribution in [3.63, 3.8) is 0 Å². The van der Waals surface area contributed by atoms with E-state index in [1.165, 1.54) is 24.1 Å². The van der Waals surface area contributed by atoms with Gasteiger partial charge in [-0.3, -0.25) is 5.10 Å². The van der Waals surface area contributed by atoms with Crippen LogP contribution >= 0.6 is 0 Å². The molecule has 0 aliphatic rings. The minimum absolute atomic E-state index is 0.639. The summed E-state index contributed by atoms with van der Waals surface area (Å²) >= 11 is 0. The number of hydrogen-bond acceptors (Lipinski definition) is 2. The summed E-state index contributed by atoms with van der Waals surface area (Å²) < 4.78 is 0. The highest BCUT2D eigenvalue weighted by molar-refractivity contribution is 5.14. The van der Waals surface area contributed by atoms with Crippen molar-refractivity contribution in [1.82, 2.24) is 15.5 Å². The maximum absolute atomic E-state index is 4.01. The fourth-order valence-electron chi connectivity index (χ4n) is 1.40. The summed E-state index contributed by atoms with van der Waals surface area (Å²) in [5.74, 6) is 0. The molecule has 1 atom stereocenters. The van der Waals surface area contributed by atoms with Crippen LogP contribution in [0, 0.1) is 6.92 Å². The Kier molecular flexibility index (Phi) is 4.66. The molecule has 3 nitrogen and oxygen atoms in total. The number of hydrogen-bond donors (Lipinski definition) is 2. The van der Waals surface area contributed by atoms with Gasteiger partial charge in [-0.05, 0) is 45.2 Å². The third kappa shape index (κ3) is 3.50. The predicted octanol–water partition coefficient (Wildman–Crippen LogP) is 2.04. The smallest absolute Gasteiger partial charge is 0.0522 e. The minimum atomic E-state index is 0.639. The Morgan fingerprint density at radius 3 is 2.93 bits per heavy atom. The van der Waals surface area contributed by atoms with Crippen molar-refractivity contribution < 1.29 is 0 Å². The zero-order valence-corrected chi connectivity index (χ0v) is 9.43. The lowest BCUT2D eigenvalue weighted by Crippen LogP contribution is -2.26. The number of aromatic amines is 1. The average molecular weight is 195 g/mol. The summed E-state index contributed by atoms with van der Waals surface area (Å²) in [6, 6.07) is 0.639. The van der Waals surface area contributed by atoms with Gasteiger partial charge in [-0.15, -0.1) is 0 Å². The molecule has 14 heavy (non-hydrogen) atoms. The molecule has 0 saturated carbocycles. The number of aryl methyl sites for hydroxylation is 2. The van der Waals surface area contributed by atoms with Crippen molar-refractivity contribution in [1.29, 1.82) is 0 Å². The molecule has 0 unspecified atom stereocenters. The van der Waals surface area contributed by atoms with Crippen molar-refractivity contribution in [2.24, 2.45) is 0 Å². The SMILES string of the molecule is CC[C@@H](C)NCCCc1cn[nH]c1C. The molecule has 0 aliphatic carbocycles. The monoisotopic (exact) mass is 195 g/mol. The van der Waals surface area contributed by atoms with E-state index in [1.807, 2.05) is 6.20 Å². The quantitative estimate of drug-likeness (QED) is 0.682. The summed E-state index contributed by atoms with van der Waals surface area (Å²) in [5, 5.41) is 10.4. The van der Waals surface area contributed by atoms with E-state index in [4.69, 9.17) is 0 Å². The van der Waals surface area contributed by atoms with E-state index in [2.05, 4.69) is 36.3 Å². The van der Waals surface area contributed by atoms with Gasteiger partial charge in [-0.1, -0.05) is 6.92 Å². The van der Waals surface area contributed by atoms with Crippen LogP contribution in [0.25, 0.3) is 0 Å². The van der Waals surface area contributed by atoms with Crippen LogP contribution < -0.4 is 5.32 Å². The van der Waals surface area contributed by atoms with Crippen LogP contribution in [0.1, 0.15) is 37.9 Å². The summed E-state index contributed by atoms with van der Waals surface area (Å²) in [6.07, 6.45) is 5.43. The van der Waals surface area contributed by atoms with Gasteiger partial charge in [-0.25, -0.2) is 0 Å². The van der Waals surface area contributed by atoms with Gasteiger partial charge in [0.25, 0.3) is 0 Å². The van der Waals surface area contributed by atoms with E-state index in [-0.39, 0.29) is 0 Å². The van der Waals surface area contributed by atoms with E-state index >= 15 is 0 Å². The van der Waals surface area contributed by atoms with Crippen molar-refractivity contribution in [3.8, 4) is 0 Å². The highest BCUT2D eigenvalue weighted by atomic mass is 15.1. The molecule has 0 aromatic carbocycles. The molecule has 1 aromatic heterocycles. The van der Waals surface area contributed by atoms with Crippen molar-refractivity contribution >= 4 is 0 Å². The maximum atomic E-state index is 4.01. The number of nitrogens with one attached hydrogen (secondary N) is 2. The number of rotatable bonds is 6. The highest BCUT2D eigenvalue weighted by Crippen LogP contribution is 2.05. The fourth-order valence-corrected chi connectivity index (χ4v) is 1.40. The van der Waals surface area contributed by atoms with Gasteiger partial charge in [0.1, 0.15) is 0 Å². The van der Waals surface area contributed by atoms with E-state index in [1.54, 1.807) is 0 Å². The Bertz CT molecular complexity index is 255. The van der Waals surface area contributed by atoms with Gasteiger partial charge >= 0.3 is 0 Å². The Balaban J connectivity index is 2.13. The zero-order valence-electron chi connectivity index (χ0n) is 9.43. The molecule has 3 heteroatoms. The second kappa shape index (κ2) is 5.81. The molecule has 0 amide bonds. The van der Waals surface area contributed by atoms with Gasteiger partial charge < -0.3 is 5.32 Å². The molecule has 1 aromatic rings. The van der Waals surface area contributed by atoms with E-state index < -0.39 is 0 Å². The van der Waals surface area contributed by atoms with Gasteiger partial charge in [0, 0.05) is 11.7 Å². The summed E-state index contributed by atoms with van der Waals surface area (Å²) in [4.78, 5) is 0. The first-order chi connectivity index (χ1) is 6.74. The van der Waals surface area contributed by atoms with E-state index in [0.717, 1.165) is 13.0 Å². The number of aromatic nitrogens is 2. The van der Waals surface area contributed by atoms with Gasteiger partial charge in [0.2, 0.25) is 0 Å². The molecule has 2 N–H and O–H groups in total. The van der Waals surface area contributed by atoms with Crippen LogP contribution in [0.5, 0.6) is 0 Å². The second-order valence-electron chi connectivity index (χ2n) is 3.89. The van der Waals surface area contributed by atoms with E-state index in [9.17, 15) is 0 Å². The third-order valence-corrected chi connectivity index (χ3v) is 2.66. The maximum Gasteiger partial charge on any atom is 0.0522 e. The lowest BCUT2D eigenvalue weighted by molar-refractivity contribution is 0.524. The minimum Gasteiger partial charge on any atom is -0.314 e. The van der Waals surface area contributed by atoms with Gasteiger partial charge in [-0.2, -0.15) is 5.10 Å². The number of H-pyrrole nitrogens is 1. The molecule has 0 radical (unpaired) electrons. The fraction of sp³-hybridized carbons (Fsp3) is 0.727. The van der Waals surface area contributed by atoms with Gasteiger partial charge in [0.05, 0.1) is 6.20 Å². The first-order valence-electron chi connectivity index (χ1n) is 5.46. The van der Waals surface area contributed by atoms with E-state index in [0.29, 0.717) is 6.04 Å². The summed E-state index contributed by atoms with van der Waals surface area (Å²) in [5.41, 5.74) is 2.55. The predicted molar refractivity (Wildman–Crippen MR) is 59.4 cm³/mol. The topological polar surface area (TPSA) is 40.7 Å². The van der Waals surface area contributed by atoms with Crippen molar-refractivity contribution in [2.75, 3.05) is 6.54 Å². The Labute approximate surface area is 86.3 Å². The molecular weight excluding hydrogens is 174 g/mol. The first kappa shape index (κ1) is 11.2. The van der Waals surface area contributed by atoms with Crippen LogP contribution in [-0.2, 0) is 6.42 Å². The van der Waals surface area contributed by atoms with Crippen LogP contribution in [0.3, 0.4) is 0 Å². The molecule has 1 rings (SSSR count).